The number of ether oxygens (including phenoxy) is 1. The summed E-state index contributed by atoms with van der Waals surface area (Å²) in [5, 5.41) is 0. The Morgan fingerprint density at radius 2 is 1.89 bits per heavy atom. The fraction of sp³-hybridized carbons (Fsp3) is 0.267. The van der Waals surface area contributed by atoms with Crippen LogP contribution in [-0.4, -0.2) is 11.6 Å². The van der Waals surface area contributed by atoms with Gasteiger partial charge in [-0.1, -0.05) is 36.4 Å². The molecule has 0 saturated heterocycles. The molecule has 0 bridgehead atoms. The number of aromatic nitrogens is 1. The Kier molecular flexibility index (Phi) is 5.03. The molecule has 1 heterocycles. The smallest absolute Gasteiger partial charge is 0.103 e. The molecule has 19 heavy (non-hydrogen) atoms. The summed E-state index contributed by atoms with van der Waals surface area (Å²) in [4.78, 5) is 4.14. The highest BCUT2D eigenvalue weighted by Crippen LogP contribution is 2.31. The van der Waals surface area contributed by atoms with Crippen LogP contribution in [0.25, 0.3) is 0 Å². The SMILES string of the molecule is CCOC(c1ccccc1)C(NN)c1cccnc1. The fourth-order valence-corrected chi connectivity index (χ4v) is 2.13. The van der Waals surface area contributed by atoms with E-state index < -0.39 is 0 Å². The Morgan fingerprint density at radius 3 is 2.47 bits per heavy atom. The Balaban J connectivity index is 2.31. The molecule has 2 rings (SSSR count). The van der Waals surface area contributed by atoms with Gasteiger partial charge in [0.1, 0.15) is 6.10 Å². The van der Waals surface area contributed by atoms with E-state index in [1.54, 1.807) is 12.4 Å². The summed E-state index contributed by atoms with van der Waals surface area (Å²) in [6.07, 6.45) is 3.41. The van der Waals surface area contributed by atoms with Crippen molar-refractivity contribution in [1.29, 1.82) is 0 Å². The largest absolute Gasteiger partial charge is 0.372 e. The van der Waals surface area contributed by atoms with Gasteiger partial charge < -0.3 is 4.74 Å². The predicted molar refractivity (Wildman–Crippen MR) is 75.1 cm³/mol. The third-order valence-electron chi connectivity index (χ3n) is 3.00. The molecule has 0 aliphatic heterocycles. The van der Waals surface area contributed by atoms with Crippen LogP contribution in [0.1, 0.15) is 30.2 Å². The Labute approximate surface area is 113 Å². The molecule has 0 spiro atoms. The van der Waals surface area contributed by atoms with Crippen LogP contribution in [-0.2, 0) is 4.74 Å². The lowest BCUT2D eigenvalue weighted by atomic mass is 9.97. The first-order chi connectivity index (χ1) is 9.36. The minimum absolute atomic E-state index is 0.129. The number of hydrogen-bond acceptors (Lipinski definition) is 4. The molecule has 2 unspecified atom stereocenters. The minimum Gasteiger partial charge on any atom is -0.372 e. The second-order valence-electron chi connectivity index (χ2n) is 4.22. The first-order valence-electron chi connectivity index (χ1n) is 6.39. The third kappa shape index (κ3) is 3.38. The number of benzene rings is 1. The highest BCUT2D eigenvalue weighted by Gasteiger charge is 2.24. The van der Waals surface area contributed by atoms with Gasteiger partial charge in [0.05, 0.1) is 6.04 Å². The van der Waals surface area contributed by atoms with Crippen LogP contribution in [0.3, 0.4) is 0 Å². The standard InChI is InChI=1S/C15H19N3O/c1-2-19-15(12-7-4-3-5-8-12)14(18-16)13-9-6-10-17-11-13/h3-11,14-15,18H,2,16H2,1H3. The zero-order chi connectivity index (χ0) is 13.5. The Hall–Kier alpha value is -1.75. The highest BCUT2D eigenvalue weighted by atomic mass is 16.5. The molecular weight excluding hydrogens is 238 g/mol. The summed E-state index contributed by atoms with van der Waals surface area (Å²) in [5.74, 6) is 5.72. The van der Waals surface area contributed by atoms with Crippen LogP contribution in [0.5, 0.6) is 0 Å². The second kappa shape index (κ2) is 6.99. The fourth-order valence-electron chi connectivity index (χ4n) is 2.13. The van der Waals surface area contributed by atoms with E-state index in [-0.39, 0.29) is 12.1 Å². The van der Waals surface area contributed by atoms with Gasteiger partial charge >= 0.3 is 0 Å². The topological polar surface area (TPSA) is 60.2 Å². The van der Waals surface area contributed by atoms with Crippen molar-refractivity contribution >= 4 is 0 Å². The van der Waals surface area contributed by atoms with Gasteiger partial charge in [-0.2, -0.15) is 0 Å². The molecule has 100 valence electrons. The number of hydrazine groups is 1. The van der Waals surface area contributed by atoms with Crippen molar-refractivity contribution in [3.63, 3.8) is 0 Å². The number of nitrogens with two attached hydrogens (primary N) is 1. The van der Waals surface area contributed by atoms with Crippen LogP contribution in [0, 0.1) is 0 Å². The molecule has 0 radical (unpaired) electrons. The van der Waals surface area contributed by atoms with Crippen LogP contribution in [0.2, 0.25) is 0 Å². The van der Waals surface area contributed by atoms with Crippen molar-refractivity contribution in [2.45, 2.75) is 19.1 Å². The zero-order valence-corrected chi connectivity index (χ0v) is 11.0. The Morgan fingerprint density at radius 1 is 1.16 bits per heavy atom. The van der Waals surface area contributed by atoms with E-state index in [1.165, 1.54) is 0 Å². The first kappa shape index (κ1) is 13.7. The molecule has 2 aromatic rings. The molecule has 4 heteroatoms. The average Bonchev–Trinajstić information content (AvgIpc) is 2.49. The minimum atomic E-state index is -0.139. The molecule has 0 aliphatic carbocycles. The van der Waals surface area contributed by atoms with Crippen molar-refractivity contribution in [3.8, 4) is 0 Å². The molecule has 0 fully saturated rings. The van der Waals surface area contributed by atoms with Crippen molar-refractivity contribution in [3.05, 3.63) is 66.0 Å². The van der Waals surface area contributed by atoms with Gasteiger partial charge in [0.2, 0.25) is 0 Å². The molecule has 1 aromatic heterocycles. The number of pyridine rings is 1. The summed E-state index contributed by atoms with van der Waals surface area (Å²) in [7, 11) is 0. The lowest BCUT2D eigenvalue weighted by Crippen LogP contribution is -2.33. The van der Waals surface area contributed by atoms with Crippen molar-refractivity contribution in [2.75, 3.05) is 6.61 Å². The van der Waals surface area contributed by atoms with Gasteiger partial charge in [-0.05, 0) is 24.1 Å². The summed E-state index contributed by atoms with van der Waals surface area (Å²) in [6.45, 7) is 2.60. The molecule has 0 saturated carbocycles. The van der Waals surface area contributed by atoms with Crippen molar-refractivity contribution in [2.24, 2.45) is 5.84 Å². The molecule has 0 aliphatic rings. The quantitative estimate of drug-likeness (QED) is 0.616. The number of nitrogens with one attached hydrogen (secondary N) is 1. The normalized spacial score (nSPS) is 14.0. The van der Waals surface area contributed by atoms with Gasteiger partial charge in [0.15, 0.2) is 0 Å². The highest BCUT2D eigenvalue weighted by molar-refractivity contribution is 5.24. The van der Waals surface area contributed by atoms with Crippen LogP contribution >= 0.6 is 0 Å². The summed E-state index contributed by atoms with van der Waals surface area (Å²) < 4.78 is 5.87. The van der Waals surface area contributed by atoms with E-state index in [9.17, 15) is 0 Å². The average molecular weight is 257 g/mol. The molecule has 2 atom stereocenters. The second-order valence-corrected chi connectivity index (χ2v) is 4.22. The first-order valence-corrected chi connectivity index (χ1v) is 6.39. The van der Waals surface area contributed by atoms with E-state index in [1.807, 2.05) is 49.4 Å². The van der Waals surface area contributed by atoms with Crippen molar-refractivity contribution < 1.29 is 4.74 Å². The van der Waals surface area contributed by atoms with Crippen molar-refractivity contribution in [1.82, 2.24) is 10.4 Å². The zero-order valence-electron chi connectivity index (χ0n) is 11.0. The lowest BCUT2D eigenvalue weighted by Gasteiger charge is -2.27. The van der Waals surface area contributed by atoms with E-state index in [2.05, 4.69) is 10.4 Å². The van der Waals surface area contributed by atoms with Crippen LogP contribution < -0.4 is 11.3 Å². The molecule has 1 aromatic carbocycles. The van der Waals surface area contributed by atoms with Gasteiger partial charge in [0, 0.05) is 19.0 Å². The molecular formula is C15H19N3O. The van der Waals surface area contributed by atoms with Crippen LogP contribution in [0.4, 0.5) is 0 Å². The van der Waals surface area contributed by atoms with Crippen LogP contribution in [0.15, 0.2) is 54.9 Å². The maximum absolute atomic E-state index is 5.87. The van der Waals surface area contributed by atoms with E-state index in [0.717, 1.165) is 11.1 Å². The maximum Gasteiger partial charge on any atom is 0.103 e. The van der Waals surface area contributed by atoms with Gasteiger partial charge in [0.25, 0.3) is 0 Å². The predicted octanol–water partition coefficient (Wildman–Crippen LogP) is 2.36. The van der Waals surface area contributed by atoms with E-state index >= 15 is 0 Å². The monoisotopic (exact) mass is 257 g/mol. The maximum atomic E-state index is 5.87. The number of nitrogens with zero attached hydrogens (tertiary/aromatic N) is 1. The third-order valence-corrected chi connectivity index (χ3v) is 3.00. The number of rotatable bonds is 6. The summed E-state index contributed by atoms with van der Waals surface area (Å²) in [6, 6.07) is 13.8. The van der Waals surface area contributed by atoms with E-state index in [0.29, 0.717) is 6.61 Å². The molecule has 0 amide bonds. The summed E-state index contributed by atoms with van der Waals surface area (Å²) >= 11 is 0. The molecule has 4 nitrogen and oxygen atoms in total. The van der Waals surface area contributed by atoms with Gasteiger partial charge in [-0.15, -0.1) is 0 Å². The lowest BCUT2D eigenvalue weighted by molar-refractivity contribution is 0.0326. The Bertz CT molecular complexity index is 475. The van der Waals surface area contributed by atoms with Gasteiger partial charge in [-0.25, -0.2) is 5.43 Å². The van der Waals surface area contributed by atoms with E-state index in [4.69, 9.17) is 10.6 Å². The summed E-state index contributed by atoms with van der Waals surface area (Å²) in [5.41, 5.74) is 4.94. The number of hydrogen-bond donors (Lipinski definition) is 2. The molecule has 3 N–H and O–H groups in total. The van der Waals surface area contributed by atoms with Gasteiger partial charge in [-0.3, -0.25) is 10.8 Å².